The lowest BCUT2D eigenvalue weighted by Crippen LogP contribution is -2.30. The maximum absolute atomic E-state index is 12.1. The minimum atomic E-state index is -0.386. The van der Waals surface area contributed by atoms with Crippen LogP contribution in [0.2, 0.25) is 5.02 Å². The normalized spacial score (nSPS) is 10.5. The minimum Gasteiger partial charge on any atom is -0.383 e. The zero-order valence-corrected chi connectivity index (χ0v) is 15.0. The van der Waals surface area contributed by atoms with Crippen LogP contribution in [0.25, 0.3) is 0 Å². The summed E-state index contributed by atoms with van der Waals surface area (Å²) in [5.74, 6) is -0.635. The summed E-state index contributed by atoms with van der Waals surface area (Å²) in [5, 5.41) is 14.2. The zero-order valence-electron chi connectivity index (χ0n) is 13.5. The van der Waals surface area contributed by atoms with E-state index in [1.54, 1.807) is 31.4 Å². The lowest BCUT2D eigenvalue weighted by atomic mass is 10.3. The summed E-state index contributed by atoms with van der Waals surface area (Å²) >= 11 is 6.96. The van der Waals surface area contributed by atoms with Crippen molar-refractivity contribution in [1.29, 1.82) is 0 Å². The first-order valence-corrected chi connectivity index (χ1v) is 8.50. The van der Waals surface area contributed by atoms with Crippen molar-refractivity contribution in [2.75, 3.05) is 32.2 Å². The molecule has 0 bridgehead atoms. The summed E-state index contributed by atoms with van der Waals surface area (Å²) < 4.78 is 10.1. The van der Waals surface area contributed by atoms with Crippen LogP contribution in [0.4, 0.5) is 5.69 Å². The molecule has 0 spiro atoms. The van der Waals surface area contributed by atoms with Gasteiger partial charge in [0.1, 0.15) is 18.2 Å². The highest BCUT2D eigenvalue weighted by Crippen LogP contribution is 2.17. The van der Waals surface area contributed by atoms with Crippen LogP contribution in [0.15, 0.2) is 24.3 Å². The summed E-state index contributed by atoms with van der Waals surface area (Å²) in [6.07, 6.45) is 0. The highest BCUT2D eigenvalue weighted by Gasteiger charge is 2.13. The summed E-state index contributed by atoms with van der Waals surface area (Å²) in [6, 6.07) is 6.79. The molecule has 8 nitrogen and oxygen atoms in total. The molecule has 25 heavy (non-hydrogen) atoms. The second-order valence-corrected chi connectivity index (χ2v) is 6.30. The van der Waals surface area contributed by atoms with Gasteiger partial charge in [-0.15, -0.1) is 10.2 Å². The van der Waals surface area contributed by atoms with Gasteiger partial charge in [0.15, 0.2) is 0 Å². The molecule has 0 aliphatic carbocycles. The van der Waals surface area contributed by atoms with Gasteiger partial charge in [-0.25, -0.2) is 0 Å². The standard InChI is InChI=1S/C15H17ClN4O4S/c1-23-6-5-17-12(21)8-24-9-13-19-20-15(25-13)14(22)18-11-4-2-3-10(16)7-11/h2-4,7H,5-6,8-9H2,1H3,(H,17,21)(H,18,22). The van der Waals surface area contributed by atoms with E-state index < -0.39 is 0 Å². The predicted octanol–water partition coefficient (Wildman–Crippen LogP) is 1.72. The monoisotopic (exact) mass is 384 g/mol. The smallest absolute Gasteiger partial charge is 0.286 e. The van der Waals surface area contributed by atoms with Crippen LogP contribution < -0.4 is 10.6 Å². The van der Waals surface area contributed by atoms with Gasteiger partial charge in [-0.05, 0) is 18.2 Å². The first-order chi connectivity index (χ1) is 12.1. The molecule has 0 unspecified atom stereocenters. The predicted molar refractivity (Wildman–Crippen MR) is 93.9 cm³/mol. The van der Waals surface area contributed by atoms with Gasteiger partial charge in [0.2, 0.25) is 10.9 Å². The van der Waals surface area contributed by atoms with E-state index in [2.05, 4.69) is 20.8 Å². The minimum absolute atomic E-state index is 0.0970. The number of benzene rings is 1. The average molecular weight is 385 g/mol. The third-order valence-electron chi connectivity index (χ3n) is 2.83. The number of hydrogen-bond acceptors (Lipinski definition) is 7. The van der Waals surface area contributed by atoms with Crippen molar-refractivity contribution >= 4 is 40.4 Å². The van der Waals surface area contributed by atoms with Crippen molar-refractivity contribution < 1.29 is 19.1 Å². The number of rotatable bonds is 9. The highest BCUT2D eigenvalue weighted by molar-refractivity contribution is 7.13. The van der Waals surface area contributed by atoms with Gasteiger partial charge >= 0.3 is 0 Å². The summed E-state index contributed by atoms with van der Waals surface area (Å²) in [6.45, 7) is 0.853. The maximum atomic E-state index is 12.1. The molecule has 0 aliphatic rings. The number of ether oxygens (including phenoxy) is 2. The van der Waals surface area contributed by atoms with Gasteiger partial charge in [-0.3, -0.25) is 9.59 Å². The molecule has 1 aromatic heterocycles. The molecule has 2 rings (SSSR count). The quantitative estimate of drug-likeness (QED) is 0.638. The van der Waals surface area contributed by atoms with Crippen molar-refractivity contribution in [2.24, 2.45) is 0 Å². The Kier molecular flexibility index (Phi) is 7.74. The summed E-state index contributed by atoms with van der Waals surface area (Å²) in [4.78, 5) is 23.6. The Morgan fingerprint density at radius 1 is 1.32 bits per heavy atom. The topological polar surface area (TPSA) is 102 Å². The van der Waals surface area contributed by atoms with E-state index in [0.717, 1.165) is 11.3 Å². The first-order valence-electron chi connectivity index (χ1n) is 7.31. The number of anilines is 1. The van der Waals surface area contributed by atoms with Crippen molar-refractivity contribution in [3.8, 4) is 0 Å². The number of nitrogens with zero attached hydrogens (tertiary/aromatic N) is 2. The van der Waals surface area contributed by atoms with E-state index in [1.807, 2.05) is 0 Å². The van der Waals surface area contributed by atoms with Crippen molar-refractivity contribution in [1.82, 2.24) is 15.5 Å². The molecule has 0 saturated carbocycles. The van der Waals surface area contributed by atoms with Gasteiger partial charge in [0, 0.05) is 24.4 Å². The molecule has 10 heteroatoms. The third-order valence-corrected chi connectivity index (χ3v) is 3.96. The highest BCUT2D eigenvalue weighted by atomic mass is 35.5. The second-order valence-electron chi connectivity index (χ2n) is 4.80. The van der Waals surface area contributed by atoms with E-state index in [9.17, 15) is 9.59 Å². The maximum Gasteiger partial charge on any atom is 0.286 e. The largest absolute Gasteiger partial charge is 0.383 e. The van der Waals surface area contributed by atoms with Crippen molar-refractivity contribution in [3.05, 3.63) is 39.3 Å². The third kappa shape index (κ3) is 6.75. The van der Waals surface area contributed by atoms with Crippen molar-refractivity contribution in [3.63, 3.8) is 0 Å². The molecule has 1 aromatic carbocycles. The SMILES string of the molecule is COCCNC(=O)COCc1nnc(C(=O)Nc2cccc(Cl)c2)s1. The Labute approximate surface area is 153 Å². The van der Waals surface area contributed by atoms with Crippen molar-refractivity contribution in [2.45, 2.75) is 6.61 Å². The second kappa shape index (κ2) is 10.0. The fourth-order valence-electron chi connectivity index (χ4n) is 1.73. The Balaban J connectivity index is 1.77. The molecule has 0 aliphatic heterocycles. The Morgan fingerprint density at radius 2 is 2.16 bits per heavy atom. The van der Waals surface area contributed by atoms with Gasteiger partial charge in [0.05, 0.1) is 6.61 Å². The Morgan fingerprint density at radius 3 is 2.92 bits per heavy atom. The van der Waals surface area contributed by atoms with E-state index >= 15 is 0 Å². The molecule has 0 radical (unpaired) electrons. The molecular weight excluding hydrogens is 368 g/mol. The molecule has 2 amide bonds. The van der Waals surface area contributed by atoms with E-state index in [0.29, 0.717) is 28.9 Å². The van der Waals surface area contributed by atoms with E-state index in [1.165, 1.54) is 0 Å². The zero-order chi connectivity index (χ0) is 18.1. The van der Waals surface area contributed by atoms with Crippen LogP contribution in [-0.4, -0.2) is 48.9 Å². The van der Waals surface area contributed by atoms with Crippen LogP contribution >= 0.6 is 22.9 Å². The number of halogens is 1. The molecule has 0 saturated heterocycles. The lowest BCUT2D eigenvalue weighted by molar-refractivity contribution is -0.126. The van der Waals surface area contributed by atoms with Crippen LogP contribution in [0.3, 0.4) is 0 Å². The molecule has 134 valence electrons. The van der Waals surface area contributed by atoms with Gasteiger partial charge in [-0.2, -0.15) is 0 Å². The first kappa shape index (κ1) is 19.3. The van der Waals surface area contributed by atoms with Gasteiger partial charge in [0.25, 0.3) is 5.91 Å². The number of aromatic nitrogens is 2. The van der Waals surface area contributed by atoms with Crippen LogP contribution in [0.1, 0.15) is 14.8 Å². The van der Waals surface area contributed by atoms with E-state index in [-0.39, 0.29) is 30.0 Å². The van der Waals surface area contributed by atoms with Crippen LogP contribution in [0.5, 0.6) is 0 Å². The number of nitrogens with one attached hydrogen (secondary N) is 2. The summed E-state index contributed by atoms with van der Waals surface area (Å²) in [7, 11) is 1.55. The number of carbonyl (C=O) groups is 2. The Bertz CT molecular complexity index is 725. The van der Waals surface area contributed by atoms with Crippen LogP contribution in [0, 0.1) is 0 Å². The van der Waals surface area contributed by atoms with E-state index in [4.69, 9.17) is 21.1 Å². The van der Waals surface area contributed by atoms with Gasteiger partial charge < -0.3 is 20.1 Å². The lowest BCUT2D eigenvalue weighted by Gasteiger charge is -2.04. The molecule has 0 fully saturated rings. The molecule has 1 heterocycles. The number of methoxy groups -OCH3 is 1. The summed E-state index contributed by atoms with van der Waals surface area (Å²) in [5.41, 5.74) is 0.568. The number of hydrogen-bond donors (Lipinski definition) is 2. The Hall–Kier alpha value is -2.07. The fourth-order valence-corrected chi connectivity index (χ4v) is 2.59. The molecule has 0 atom stereocenters. The van der Waals surface area contributed by atoms with Gasteiger partial charge in [-0.1, -0.05) is 29.0 Å². The molecular formula is C15H17ClN4O4S. The number of amides is 2. The van der Waals surface area contributed by atoms with Crippen LogP contribution in [-0.2, 0) is 20.9 Å². The average Bonchev–Trinajstić information content (AvgIpc) is 3.04. The molecule has 2 aromatic rings. The molecule has 2 N–H and O–H groups in total. The number of carbonyl (C=O) groups excluding carboxylic acids is 2. The fraction of sp³-hybridized carbons (Fsp3) is 0.333.